The van der Waals surface area contributed by atoms with Gasteiger partial charge in [-0.15, -0.1) is 0 Å². The normalized spacial score (nSPS) is 11.4. The minimum absolute atomic E-state index is 0.156. The Morgan fingerprint density at radius 1 is 1.19 bits per heavy atom. The Balaban J connectivity index is 2.17. The van der Waals surface area contributed by atoms with Crippen LogP contribution in [0.2, 0.25) is 5.28 Å². The molecule has 0 saturated carbocycles. The van der Waals surface area contributed by atoms with Gasteiger partial charge >= 0.3 is 5.69 Å². The number of nitrogens with zero attached hydrogens (tertiary/aromatic N) is 7. The smallest absolute Gasteiger partial charge is 0.307 e. The van der Waals surface area contributed by atoms with Gasteiger partial charge in [0.05, 0.1) is 6.54 Å². The van der Waals surface area contributed by atoms with Crippen LogP contribution in [0.5, 0.6) is 0 Å². The predicted molar refractivity (Wildman–Crippen MR) is 75.2 cm³/mol. The lowest BCUT2D eigenvalue weighted by atomic mass is 10.5. The summed E-state index contributed by atoms with van der Waals surface area (Å²) in [5.41, 5.74) is -0.299. The summed E-state index contributed by atoms with van der Waals surface area (Å²) < 4.78 is 5.52. The first-order valence-electron chi connectivity index (χ1n) is 6.15. The average Bonchev–Trinajstić information content (AvgIpc) is 3.08. The van der Waals surface area contributed by atoms with Crippen molar-refractivity contribution in [1.82, 2.24) is 33.4 Å². The molecule has 21 heavy (non-hydrogen) atoms. The second-order valence-electron chi connectivity index (χ2n) is 4.57. The molecular weight excluding hydrogens is 298 g/mol. The summed E-state index contributed by atoms with van der Waals surface area (Å²) in [5, 5.41) is 4.14. The Bertz CT molecular complexity index is 919. The van der Waals surface area contributed by atoms with E-state index in [-0.39, 0.29) is 10.9 Å². The highest BCUT2D eigenvalue weighted by Crippen LogP contribution is 2.15. The van der Waals surface area contributed by atoms with Crippen molar-refractivity contribution < 1.29 is 0 Å². The molecule has 3 aromatic heterocycles. The second kappa shape index (κ2) is 4.85. The highest BCUT2D eigenvalue weighted by Gasteiger charge is 2.17. The van der Waals surface area contributed by atoms with Gasteiger partial charge in [0.1, 0.15) is 12.7 Å². The van der Waals surface area contributed by atoms with E-state index in [1.54, 1.807) is 22.6 Å². The zero-order valence-electron chi connectivity index (χ0n) is 11.4. The fourth-order valence-corrected chi connectivity index (χ4v) is 2.42. The highest BCUT2D eigenvalue weighted by atomic mass is 35.5. The molecule has 3 rings (SSSR count). The number of halogens is 1. The molecule has 3 heterocycles. The van der Waals surface area contributed by atoms with Crippen LogP contribution in [-0.4, -0.2) is 33.4 Å². The molecular formula is C11H12ClN7O2. The van der Waals surface area contributed by atoms with E-state index >= 15 is 0 Å². The van der Waals surface area contributed by atoms with Gasteiger partial charge in [-0.05, 0) is 11.6 Å². The van der Waals surface area contributed by atoms with Crippen molar-refractivity contribution >= 4 is 22.8 Å². The van der Waals surface area contributed by atoms with Gasteiger partial charge in [0.25, 0.3) is 5.56 Å². The number of aryl methyl sites for hydroxylation is 3. The first-order valence-corrected chi connectivity index (χ1v) is 6.52. The Hall–Kier alpha value is -2.42. The first-order chi connectivity index (χ1) is 10.0. The number of imidazole rings is 1. The molecule has 0 aromatic carbocycles. The molecule has 0 spiro atoms. The molecule has 9 nitrogen and oxygen atoms in total. The van der Waals surface area contributed by atoms with Crippen molar-refractivity contribution in [2.45, 2.75) is 13.1 Å². The molecule has 0 radical (unpaired) electrons. The fraction of sp³-hybridized carbons (Fsp3) is 0.364. The summed E-state index contributed by atoms with van der Waals surface area (Å²) in [6.07, 6.45) is 3.00. The van der Waals surface area contributed by atoms with Gasteiger partial charge in [0.2, 0.25) is 5.28 Å². The van der Waals surface area contributed by atoms with Crippen LogP contribution in [0.3, 0.4) is 0 Å². The van der Waals surface area contributed by atoms with Crippen molar-refractivity contribution in [2.24, 2.45) is 14.1 Å². The molecule has 110 valence electrons. The third-order valence-corrected chi connectivity index (χ3v) is 3.61. The van der Waals surface area contributed by atoms with Crippen LogP contribution in [0.25, 0.3) is 11.2 Å². The maximum Gasteiger partial charge on any atom is 0.332 e. The molecule has 0 bridgehead atoms. The van der Waals surface area contributed by atoms with E-state index in [0.29, 0.717) is 18.6 Å². The largest absolute Gasteiger partial charge is 0.332 e. The zero-order valence-corrected chi connectivity index (χ0v) is 12.1. The zero-order chi connectivity index (χ0) is 15.1. The fourth-order valence-electron chi connectivity index (χ4n) is 2.17. The summed E-state index contributed by atoms with van der Waals surface area (Å²) in [6.45, 7) is 0.878. The first kappa shape index (κ1) is 13.6. The van der Waals surface area contributed by atoms with Crippen molar-refractivity contribution in [3.63, 3.8) is 0 Å². The maximum atomic E-state index is 12.3. The molecule has 0 fully saturated rings. The Kier molecular flexibility index (Phi) is 3.13. The van der Waals surface area contributed by atoms with E-state index < -0.39 is 11.2 Å². The lowest BCUT2D eigenvalue weighted by molar-refractivity contribution is 0.538. The topological polar surface area (TPSA) is 92.5 Å². The summed E-state index contributed by atoms with van der Waals surface area (Å²) in [4.78, 5) is 32.1. The molecule has 0 saturated heterocycles. The Labute approximate surface area is 123 Å². The number of rotatable bonds is 3. The van der Waals surface area contributed by atoms with Gasteiger partial charge in [-0.3, -0.25) is 18.6 Å². The molecule has 0 unspecified atom stereocenters. The number of hydrogen-bond acceptors (Lipinski definition) is 5. The van der Waals surface area contributed by atoms with E-state index in [2.05, 4.69) is 15.1 Å². The van der Waals surface area contributed by atoms with Crippen molar-refractivity contribution in [3.8, 4) is 0 Å². The maximum absolute atomic E-state index is 12.3. The molecule has 0 aliphatic rings. The van der Waals surface area contributed by atoms with Crippen LogP contribution < -0.4 is 11.2 Å². The van der Waals surface area contributed by atoms with Crippen LogP contribution in [0.4, 0.5) is 0 Å². The third kappa shape index (κ3) is 2.05. The molecule has 0 amide bonds. The lowest BCUT2D eigenvalue weighted by Gasteiger charge is -2.07. The SMILES string of the molecule is Cn1c(=O)c2c(nc(Cl)n2CCn2cncn2)n(C)c1=O. The van der Waals surface area contributed by atoms with Gasteiger partial charge in [-0.2, -0.15) is 10.1 Å². The molecule has 0 aliphatic carbocycles. The molecule has 0 N–H and O–H groups in total. The second-order valence-corrected chi connectivity index (χ2v) is 4.91. The van der Waals surface area contributed by atoms with Gasteiger partial charge < -0.3 is 4.57 Å². The Morgan fingerprint density at radius 3 is 2.62 bits per heavy atom. The highest BCUT2D eigenvalue weighted by molar-refractivity contribution is 6.29. The summed E-state index contributed by atoms with van der Waals surface area (Å²) in [6, 6.07) is 0. The number of fused-ring (bicyclic) bond motifs is 1. The predicted octanol–water partition coefficient (Wildman–Crippen LogP) is -0.621. The van der Waals surface area contributed by atoms with Crippen molar-refractivity contribution in [1.29, 1.82) is 0 Å². The lowest BCUT2D eigenvalue weighted by Crippen LogP contribution is -2.37. The summed E-state index contributed by atoms with van der Waals surface area (Å²) in [5.74, 6) is 0. The average molecular weight is 310 g/mol. The van der Waals surface area contributed by atoms with E-state index in [1.165, 1.54) is 17.9 Å². The van der Waals surface area contributed by atoms with Crippen molar-refractivity contribution in [2.75, 3.05) is 0 Å². The minimum atomic E-state index is -0.440. The third-order valence-electron chi connectivity index (χ3n) is 3.32. The van der Waals surface area contributed by atoms with E-state index in [0.717, 1.165) is 4.57 Å². The van der Waals surface area contributed by atoms with E-state index in [9.17, 15) is 9.59 Å². The van der Waals surface area contributed by atoms with Crippen LogP contribution in [0.15, 0.2) is 22.2 Å². The monoisotopic (exact) mass is 309 g/mol. The van der Waals surface area contributed by atoms with Crippen LogP contribution >= 0.6 is 11.6 Å². The van der Waals surface area contributed by atoms with Crippen molar-refractivity contribution in [3.05, 3.63) is 38.8 Å². The number of aromatic nitrogens is 7. The Morgan fingerprint density at radius 2 is 1.95 bits per heavy atom. The summed E-state index contributed by atoms with van der Waals surface area (Å²) >= 11 is 6.10. The van der Waals surface area contributed by atoms with E-state index in [1.807, 2.05) is 0 Å². The molecule has 10 heteroatoms. The van der Waals surface area contributed by atoms with Crippen LogP contribution in [0.1, 0.15) is 0 Å². The van der Waals surface area contributed by atoms with Gasteiger partial charge in [-0.25, -0.2) is 9.78 Å². The standard InChI is InChI=1S/C11H12ClN7O2/c1-16-8-7(9(20)17(2)11(16)21)19(10(12)15-8)4-3-18-6-13-5-14-18/h5-6H,3-4H2,1-2H3. The molecule has 0 atom stereocenters. The van der Waals surface area contributed by atoms with E-state index in [4.69, 9.17) is 11.6 Å². The van der Waals surface area contributed by atoms with Crippen LogP contribution in [0, 0.1) is 0 Å². The molecule has 3 aromatic rings. The summed E-state index contributed by atoms with van der Waals surface area (Å²) in [7, 11) is 2.97. The van der Waals surface area contributed by atoms with Crippen LogP contribution in [-0.2, 0) is 27.2 Å². The quantitative estimate of drug-likeness (QED) is 0.601. The van der Waals surface area contributed by atoms with Gasteiger partial charge in [0, 0.05) is 20.6 Å². The minimum Gasteiger partial charge on any atom is -0.307 e. The van der Waals surface area contributed by atoms with Gasteiger partial charge in [0.15, 0.2) is 11.2 Å². The molecule has 0 aliphatic heterocycles. The number of hydrogen-bond donors (Lipinski definition) is 0. The van der Waals surface area contributed by atoms with Gasteiger partial charge in [-0.1, -0.05) is 0 Å².